The highest BCUT2D eigenvalue weighted by Gasteiger charge is 2.24. The van der Waals surface area contributed by atoms with Crippen LogP contribution in [0.15, 0.2) is 196 Å². The molecule has 10 aromatic rings. The van der Waals surface area contributed by atoms with E-state index in [0.717, 1.165) is 55.6 Å². The molecule has 0 amide bonds. The Morgan fingerprint density at radius 1 is 0.365 bits per heavy atom. The van der Waals surface area contributed by atoms with Crippen LogP contribution in [0.2, 0.25) is 0 Å². The van der Waals surface area contributed by atoms with Crippen LogP contribution >= 0.6 is 11.8 Å². The zero-order valence-electron chi connectivity index (χ0n) is 28.0. The molecule has 0 N–H and O–H groups in total. The molecule has 0 saturated heterocycles. The molecule has 0 fully saturated rings. The maximum Gasteiger partial charge on any atom is 0.143 e. The second kappa shape index (κ2) is 11.5. The van der Waals surface area contributed by atoms with E-state index in [1.807, 2.05) is 11.8 Å². The van der Waals surface area contributed by atoms with Gasteiger partial charge in [-0.05, 0) is 71.8 Å². The van der Waals surface area contributed by atoms with Crippen molar-refractivity contribution in [1.82, 2.24) is 4.57 Å². The summed E-state index contributed by atoms with van der Waals surface area (Å²) in [6.45, 7) is 0. The zero-order valence-corrected chi connectivity index (χ0v) is 28.8. The molecule has 3 nitrogen and oxygen atoms in total. The molecule has 0 atom stereocenters. The van der Waals surface area contributed by atoms with Crippen molar-refractivity contribution < 1.29 is 4.42 Å². The average molecular weight is 683 g/mol. The summed E-state index contributed by atoms with van der Waals surface area (Å²) in [7, 11) is 0. The third-order valence-electron chi connectivity index (χ3n) is 10.4. The number of nitrogens with zero attached hydrogens (tertiary/aromatic N) is 2. The Hall–Kier alpha value is -6.49. The van der Waals surface area contributed by atoms with Gasteiger partial charge in [-0.25, -0.2) is 0 Å². The number of furan rings is 1. The lowest BCUT2D eigenvalue weighted by Crippen LogP contribution is -2.14. The van der Waals surface area contributed by atoms with Gasteiger partial charge in [-0.1, -0.05) is 133 Å². The van der Waals surface area contributed by atoms with E-state index in [1.54, 1.807) is 0 Å². The quantitative estimate of drug-likeness (QED) is 0.184. The van der Waals surface area contributed by atoms with Crippen LogP contribution in [0.5, 0.6) is 0 Å². The van der Waals surface area contributed by atoms with Gasteiger partial charge in [0.2, 0.25) is 0 Å². The average Bonchev–Trinajstić information content (AvgIpc) is 3.76. The first-order valence-corrected chi connectivity index (χ1v) is 18.4. The number of anilines is 3. The van der Waals surface area contributed by atoms with Gasteiger partial charge in [-0.2, -0.15) is 0 Å². The monoisotopic (exact) mass is 682 g/mol. The number of aromatic nitrogens is 1. The van der Waals surface area contributed by atoms with Crippen molar-refractivity contribution in [3.8, 4) is 27.9 Å². The SMILES string of the molecule is c1ccc2c(c1)Sc1ccccc1N2c1ccc(-c2cccc3c2oc2c(-c4ccc(-n5c6ccccc6c6ccccc65)cc4)cccc23)cc1. The number of para-hydroxylation sites is 6. The van der Waals surface area contributed by atoms with Crippen LogP contribution in [-0.4, -0.2) is 4.57 Å². The fourth-order valence-corrected chi connectivity index (χ4v) is 9.10. The molecule has 244 valence electrons. The van der Waals surface area contributed by atoms with E-state index in [9.17, 15) is 0 Å². The molecule has 4 heteroatoms. The Bertz CT molecular complexity index is 2890. The van der Waals surface area contributed by atoms with Gasteiger partial charge in [0.1, 0.15) is 11.2 Å². The molecule has 1 aliphatic heterocycles. The van der Waals surface area contributed by atoms with Crippen LogP contribution in [-0.2, 0) is 0 Å². The molecular formula is C48H30N2OS. The Morgan fingerprint density at radius 2 is 0.808 bits per heavy atom. The van der Waals surface area contributed by atoms with Gasteiger partial charge in [0.15, 0.2) is 0 Å². The molecule has 52 heavy (non-hydrogen) atoms. The van der Waals surface area contributed by atoms with Crippen molar-refractivity contribution in [2.45, 2.75) is 9.79 Å². The molecule has 0 unspecified atom stereocenters. The molecule has 3 heterocycles. The van der Waals surface area contributed by atoms with Crippen molar-refractivity contribution in [2.24, 2.45) is 0 Å². The molecule has 0 aliphatic carbocycles. The first-order valence-electron chi connectivity index (χ1n) is 17.6. The van der Waals surface area contributed by atoms with E-state index in [4.69, 9.17) is 4.42 Å². The first kappa shape index (κ1) is 29.3. The Labute approximate surface area is 305 Å². The van der Waals surface area contributed by atoms with Crippen molar-refractivity contribution in [2.75, 3.05) is 4.90 Å². The molecule has 0 saturated carbocycles. The fourth-order valence-electron chi connectivity index (χ4n) is 8.04. The highest BCUT2D eigenvalue weighted by Crippen LogP contribution is 2.51. The molecule has 8 aromatic carbocycles. The summed E-state index contributed by atoms with van der Waals surface area (Å²) in [6, 6.07) is 65.3. The summed E-state index contributed by atoms with van der Waals surface area (Å²) < 4.78 is 9.22. The Balaban J connectivity index is 0.985. The molecule has 0 bridgehead atoms. The van der Waals surface area contributed by atoms with Crippen LogP contribution < -0.4 is 4.90 Å². The largest absolute Gasteiger partial charge is 0.455 e. The third kappa shape index (κ3) is 4.41. The van der Waals surface area contributed by atoms with Crippen LogP contribution in [0.4, 0.5) is 17.1 Å². The normalized spacial score (nSPS) is 12.5. The molecular weight excluding hydrogens is 653 g/mol. The predicted molar refractivity (Wildman–Crippen MR) is 218 cm³/mol. The lowest BCUT2D eigenvalue weighted by atomic mass is 10.00. The highest BCUT2D eigenvalue weighted by molar-refractivity contribution is 7.99. The van der Waals surface area contributed by atoms with E-state index in [-0.39, 0.29) is 0 Å². The fraction of sp³-hybridized carbons (Fsp3) is 0. The van der Waals surface area contributed by atoms with Gasteiger partial charge in [-0.3, -0.25) is 0 Å². The highest BCUT2D eigenvalue weighted by atomic mass is 32.2. The molecule has 1 aliphatic rings. The smallest absolute Gasteiger partial charge is 0.143 e. The maximum atomic E-state index is 6.86. The van der Waals surface area contributed by atoms with Gasteiger partial charge in [0.05, 0.1) is 22.4 Å². The topological polar surface area (TPSA) is 21.3 Å². The summed E-state index contributed by atoms with van der Waals surface area (Å²) >= 11 is 1.83. The van der Waals surface area contributed by atoms with Gasteiger partial charge < -0.3 is 13.9 Å². The maximum absolute atomic E-state index is 6.86. The summed E-state index contributed by atoms with van der Waals surface area (Å²) in [5.41, 5.74) is 13.3. The van der Waals surface area contributed by atoms with E-state index >= 15 is 0 Å². The molecule has 11 rings (SSSR count). The first-order chi connectivity index (χ1) is 25.8. The van der Waals surface area contributed by atoms with Crippen molar-refractivity contribution in [3.05, 3.63) is 182 Å². The van der Waals surface area contributed by atoms with Crippen LogP contribution in [0.25, 0.3) is 71.7 Å². The van der Waals surface area contributed by atoms with Crippen LogP contribution in [0, 0.1) is 0 Å². The summed E-state index contributed by atoms with van der Waals surface area (Å²) in [5.74, 6) is 0. The predicted octanol–water partition coefficient (Wildman–Crippen LogP) is 14.0. The minimum Gasteiger partial charge on any atom is -0.455 e. The second-order valence-corrected chi connectivity index (χ2v) is 14.4. The van der Waals surface area contributed by atoms with Crippen LogP contribution in [0.1, 0.15) is 0 Å². The zero-order chi connectivity index (χ0) is 34.2. The van der Waals surface area contributed by atoms with E-state index < -0.39 is 0 Å². The third-order valence-corrected chi connectivity index (χ3v) is 11.5. The van der Waals surface area contributed by atoms with Crippen molar-refractivity contribution >= 4 is 72.6 Å². The van der Waals surface area contributed by atoms with Crippen molar-refractivity contribution in [3.63, 3.8) is 0 Å². The number of fused-ring (bicyclic) bond motifs is 8. The summed E-state index contributed by atoms with van der Waals surface area (Å²) in [6.07, 6.45) is 0. The van der Waals surface area contributed by atoms with Crippen LogP contribution in [0.3, 0.4) is 0 Å². The Morgan fingerprint density at radius 3 is 1.35 bits per heavy atom. The summed E-state index contributed by atoms with van der Waals surface area (Å²) in [4.78, 5) is 4.88. The van der Waals surface area contributed by atoms with Gasteiger partial charge in [0, 0.05) is 53.8 Å². The number of rotatable bonds is 4. The van der Waals surface area contributed by atoms with E-state index in [2.05, 4.69) is 191 Å². The molecule has 0 radical (unpaired) electrons. The standard InChI is InChI=1S/C48H30N2OS/c1-3-17-41-37(11-1)38-12-2-4-18-42(38)49(41)33-27-23-31(24-28-33)35-13-9-15-39-40-16-10-14-36(48(40)51-47(35)39)32-25-29-34(30-26-32)50-43-19-5-7-21-45(43)52-46-22-8-6-20-44(46)50/h1-30H. The van der Waals surface area contributed by atoms with E-state index in [0.29, 0.717) is 0 Å². The van der Waals surface area contributed by atoms with Gasteiger partial charge in [0.25, 0.3) is 0 Å². The minimum atomic E-state index is 0.907. The summed E-state index contributed by atoms with van der Waals surface area (Å²) in [5, 5.41) is 4.77. The second-order valence-electron chi connectivity index (χ2n) is 13.3. The molecule has 0 spiro atoms. The van der Waals surface area contributed by atoms with Gasteiger partial charge >= 0.3 is 0 Å². The minimum absolute atomic E-state index is 0.907. The lowest BCUT2D eigenvalue weighted by molar-refractivity contribution is 0.671. The number of hydrogen-bond acceptors (Lipinski definition) is 3. The Kier molecular flexibility index (Phi) is 6.48. The molecule has 2 aromatic heterocycles. The number of benzene rings is 8. The van der Waals surface area contributed by atoms with Crippen molar-refractivity contribution in [1.29, 1.82) is 0 Å². The van der Waals surface area contributed by atoms with Gasteiger partial charge in [-0.15, -0.1) is 0 Å². The number of hydrogen-bond donors (Lipinski definition) is 0. The lowest BCUT2D eigenvalue weighted by Gasteiger charge is -2.32. The van der Waals surface area contributed by atoms with E-state index in [1.165, 1.54) is 43.0 Å².